The maximum Gasteiger partial charge on any atom is 0.295 e. The van der Waals surface area contributed by atoms with E-state index in [9.17, 15) is 9.59 Å². The second kappa shape index (κ2) is 9.68. The molecule has 0 spiro atoms. The number of carbonyl (C=O) groups excluding carboxylic acids is 1. The van der Waals surface area contributed by atoms with Crippen molar-refractivity contribution in [3.63, 3.8) is 0 Å². The van der Waals surface area contributed by atoms with Gasteiger partial charge in [0.2, 0.25) is 5.91 Å². The highest BCUT2D eigenvalue weighted by molar-refractivity contribution is 5.92. The van der Waals surface area contributed by atoms with E-state index in [1.165, 1.54) is 0 Å². The van der Waals surface area contributed by atoms with Crippen LogP contribution in [0.25, 0.3) is 5.69 Å². The first-order chi connectivity index (χ1) is 13.6. The molecule has 1 amide bonds. The van der Waals surface area contributed by atoms with Crippen LogP contribution in [0.4, 0.5) is 5.69 Å². The van der Waals surface area contributed by atoms with Crippen LogP contribution in [0.1, 0.15) is 12.1 Å². The number of para-hydroxylation sites is 1. The molecule has 2 N–H and O–H groups in total. The molecule has 2 heterocycles. The molecule has 1 saturated heterocycles. The zero-order valence-electron chi connectivity index (χ0n) is 16.6. The average molecular weight is 387 g/mol. The molecule has 1 fully saturated rings. The lowest BCUT2D eigenvalue weighted by Gasteiger charge is -2.26. The SMILES string of the molecule is Cc1c(NC(=O)CNCCCN2CCOCC2)c(=O)n(-c2ccccc2)n1C. The lowest BCUT2D eigenvalue weighted by molar-refractivity contribution is -0.115. The van der Waals surface area contributed by atoms with Crippen LogP contribution < -0.4 is 16.2 Å². The van der Waals surface area contributed by atoms with Gasteiger partial charge in [-0.15, -0.1) is 0 Å². The fourth-order valence-electron chi connectivity index (χ4n) is 3.35. The van der Waals surface area contributed by atoms with Crippen molar-refractivity contribution < 1.29 is 9.53 Å². The van der Waals surface area contributed by atoms with Crippen molar-refractivity contribution in [2.24, 2.45) is 7.05 Å². The van der Waals surface area contributed by atoms with Crippen molar-refractivity contribution in [2.75, 3.05) is 51.3 Å². The molecule has 2 aromatic rings. The highest BCUT2D eigenvalue weighted by atomic mass is 16.5. The number of morpholine rings is 1. The Morgan fingerprint density at radius 3 is 2.61 bits per heavy atom. The highest BCUT2D eigenvalue weighted by Crippen LogP contribution is 2.13. The average Bonchev–Trinajstić information content (AvgIpc) is 2.92. The molecule has 8 nitrogen and oxygen atoms in total. The molecular weight excluding hydrogens is 358 g/mol. The smallest absolute Gasteiger partial charge is 0.295 e. The zero-order valence-corrected chi connectivity index (χ0v) is 16.6. The van der Waals surface area contributed by atoms with Gasteiger partial charge in [0.25, 0.3) is 5.56 Å². The van der Waals surface area contributed by atoms with E-state index in [1.807, 2.05) is 44.3 Å². The maximum atomic E-state index is 12.8. The number of hydrogen-bond acceptors (Lipinski definition) is 5. The lowest BCUT2D eigenvalue weighted by atomic mass is 10.3. The number of nitrogens with one attached hydrogen (secondary N) is 2. The number of nitrogens with zero attached hydrogens (tertiary/aromatic N) is 3. The van der Waals surface area contributed by atoms with E-state index in [2.05, 4.69) is 15.5 Å². The summed E-state index contributed by atoms with van der Waals surface area (Å²) < 4.78 is 8.64. The third-order valence-electron chi connectivity index (χ3n) is 5.04. The van der Waals surface area contributed by atoms with Gasteiger partial charge >= 0.3 is 0 Å². The number of ether oxygens (including phenoxy) is 1. The fraction of sp³-hybridized carbons (Fsp3) is 0.500. The van der Waals surface area contributed by atoms with Gasteiger partial charge < -0.3 is 15.4 Å². The largest absolute Gasteiger partial charge is 0.379 e. The quantitative estimate of drug-likeness (QED) is 0.653. The molecule has 0 atom stereocenters. The summed E-state index contributed by atoms with van der Waals surface area (Å²) >= 11 is 0. The molecule has 0 unspecified atom stereocenters. The topological polar surface area (TPSA) is 80.5 Å². The Balaban J connectivity index is 1.51. The Bertz CT molecular complexity index is 838. The van der Waals surface area contributed by atoms with Gasteiger partial charge in [-0.1, -0.05) is 18.2 Å². The summed E-state index contributed by atoms with van der Waals surface area (Å²) in [5.74, 6) is -0.211. The minimum atomic E-state index is -0.230. The molecule has 0 radical (unpaired) electrons. The third kappa shape index (κ3) is 4.89. The van der Waals surface area contributed by atoms with Crippen LogP contribution in [-0.2, 0) is 16.6 Å². The van der Waals surface area contributed by atoms with E-state index in [4.69, 9.17) is 4.74 Å². The van der Waals surface area contributed by atoms with Gasteiger partial charge in [-0.3, -0.25) is 19.2 Å². The van der Waals surface area contributed by atoms with E-state index >= 15 is 0 Å². The predicted octanol–water partition coefficient (Wildman–Crippen LogP) is 0.735. The minimum absolute atomic E-state index is 0.183. The molecule has 8 heteroatoms. The molecule has 1 aliphatic heterocycles. The van der Waals surface area contributed by atoms with Crippen LogP contribution in [0.15, 0.2) is 35.1 Å². The van der Waals surface area contributed by atoms with Crippen LogP contribution in [0.3, 0.4) is 0 Å². The van der Waals surface area contributed by atoms with Crippen molar-refractivity contribution in [2.45, 2.75) is 13.3 Å². The Morgan fingerprint density at radius 1 is 1.18 bits per heavy atom. The molecule has 3 rings (SSSR count). The molecule has 152 valence electrons. The van der Waals surface area contributed by atoms with Crippen LogP contribution in [-0.4, -0.2) is 66.1 Å². The van der Waals surface area contributed by atoms with Gasteiger partial charge in [-0.25, -0.2) is 4.68 Å². The number of carbonyl (C=O) groups is 1. The van der Waals surface area contributed by atoms with Gasteiger partial charge in [-0.2, -0.15) is 0 Å². The van der Waals surface area contributed by atoms with E-state index in [0.717, 1.165) is 57.2 Å². The van der Waals surface area contributed by atoms with Crippen LogP contribution in [0, 0.1) is 6.92 Å². The summed E-state index contributed by atoms with van der Waals surface area (Å²) in [5, 5.41) is 5.92. The van der Waals surface area contributed by atoms with E-state index < -0.39 is 0 Å². The Kier molecular flexibility index (Phi) is 7.02. The van der Waals surface area contributed by atoms with E-state index in [-0.39, 0.29) is 18.0 Å². The molecule has 1 aromatic carbocycles. The monoisotopic (exact) mass is 387 g/mol. The van der Waals surface area contributed by atoms with E-state index in [0.29, 0.717) is 5.69 Å². The molecule has 0 saturated carbocycles. The molecule has 1 aliphatic rings. The minimum Gasteiger partial charge on any atom is -0.379 e. The highest BCUT2D eigenvalue weighted by Gasteiger charge is 2.17. The van der Waals surface area contributed by atoms with Crippen LogP contribution >= 0.6 is 0 Å². The van der Waals surface area contributed by atoms with Gasteiger partial charge in [0.1, 0.15) is 5.69 Å². The maximum absolute atomic E-state index is 12.8. The number of benzene rings is 1. The second-order valence-corrected chi connectivity index (χ2v) is 6.97. The predicted molar refractivity (Wildman–Crippen MR) is 109 cm³/mol. The Morgan fingerprint density at radius 2 is 1.89 bits per heavy atom. The third-order valence-corrected chi connectivity index (χ3v) is 5.04. The van der Waals surface area contributed by atoms with Crippen LogP contribution in [0.2, 0.25) is 0 Å². The van der Waals surface area contributed by atoms with Crippen molar-refractivity contribution in [3.05, 3.63) is 46.4 Å². The summed E-state index contributed by atoms with van der Waals surface area (Å²) in [6.45, 7) is 7.31. The number of aromatic nitrogens is 2. The Labute approximate surface area is 165 Å². The van der Waals surface area contributed by atoms with Gasteiger partial charge in [0, 0.05) is 20.1 Å². The Hall–Kier alpha value is -2.42. The summed E-state index contributed by atoms with van der Waals surface area (Å²) in [6.07, 6.45) is 0.971. The first kappa shape index (κ1) is 20.3. The van der Waals surface area contributed by atoms with E-state index in [1.54, 1.807) is 9.36 Å². The van der Waals surface area contributed by atoms with Crippen molar-refractivity contribution in [1.82, 2.24) is 19.6 Å². The first-order valence-corrected chi connectivity index (χ1v) is 9.72. The fourth-order valence-corrected chi connectivity index (χ4v) is 3.35. The summed E-state index contributed by atoms with van der Waals surface area (Å²) in [4.78, 5) is 27.4. The number of anilines is 1. The standard InChI is InChI=1S/C20H29N5O3/c1-16-19(20(27)25(23(16)2)17-7-4-3-5-8-17)22-18(26)15-21-9-6-10-24-11-13-28-14-12-24/h3-5,7-8,21H,6,9-15H2,1-2H3,(H,22,26). The summed E-state index contributed by atoms with van der Waals surface area (Å²) in [5.41, 5.74) is 1.58. The van der Waals surface area contributed by atoms with Crippen molar-refractivity contribution in [3.8, 4) is 5.69 Å². The van der Waals surface area contributed by atoms with Crippen LogP contribution in [0.5, 0.6) is 0 Å². The van der Waals surface area contributed by atoms with Gasteiger partial charge in [0.05, 0.1) is 31.1 Å². The first-order valence-electron chi connectivity index (χ1n) is 9.72. The summed E-state index contributed by atoms with van der Waals surface area (Å²) in [6, 6.07) is 9.38. The van der Waals surface area contributed by atoms with Gasteiger partial charge in [0.15, 0.2) is 0 Å². The molecule has 28 heavy (non-hydrogen) atoms. The number of amides is 1. The number of hydrogen-bond donors (Lipinski definition) is 2. The lowest BCUT2D eigenvalue weighted by Crippen LogP contribution is -2.38. The van der Waals surface area contributed by atoms with Crippen molar-refractivity contribution >= 4 is 11.6 Å². The van der Waals surface area contributed by atoms with Crippen molar-refractivity contribution in [1.29, 1.82) is 0 Å². The molecule has 0 aliphatic carbocycles. The molecule has 0 bridgehead atoms. The molecule has 1 aromatic heterocycles. The molecular formula is C20H29N5O3. The number of rotatable bonds is 8. The zero-order chi connectivity index (χ0) is 19.9. The summed E-state index contributed by atoms with van der Waals surface area (Å²) in [7, 11) is 1.81. The second-order valence-electron chi connectivity index (χ2n) is 6.97. The normalized spacial score (nSPS) is 14.9. The van der Waals surface area contributed by atoms with Gasteiger partial charge in [-0.05, 0) is 38.6 Å².